The van der Waals surface area contributed by atoms with Crippen LogP contribution in [0.15, 0.2) is 54.3 Å². The normalized spacial score (nSPS) is 11.9. The van der Waals surface area contributed by atoms with Gasteiger partial charge in [0.2, 0.25) is 0 Å². The minimum atomic E-state index is -0.0444. The molecule has 4 heteroatoms. The van der Waals surface area contributed by atoms with Crippen LogP contribution in [0.4, 0.5) is 0 Å². The standard InChI is InChI=1S/C38H49O3P/c1-8-9-10-15-20-40-37-26-34(18-19-38(37)42-39)41-33(25-36-31(6)23-28(3)24-32(36)7)16-13-11-12-14-17-35-29(4)21-27(2)22-30(35)5/h14,17-19,21-26H,8-13,15-16,20H2,1-7H3. The monoisotopic (exact) mass is 584 g/mol. The van der Waals surface area contributed by atoms with Gasteiger partial charge in [-0.25, -0.2) is 0 Å². The zero-order valence-electron chi connectivity index (χ0n) is 26.8. The van der Waals surface area contributed by atoms with E-state index in [4.69, 9.17) is 9.47 Å². The predicted molar refractivity (Wildman–Crippen MR) is 181 cm³/mol. The largest absolute Gasteiger partial charge is 0.492 e. The lowest BCUT2D eigenvalue weighted by Gasteiger charge is -2.15. The van der Waals surface area contributed by atoms with Gasteiger partial charge in [-0.15, -0.1) is 0 Å². The molecule has 3 aromatic carbocycles. The summed E-state index contributed by atoms with van der Waals surface area (Å²) in [6.45, 7) is 15.8. The molecule has 0 bridgehead atoms. The average molecular weight is 585 g/mol. The maximum Gasteiger partial charge on any atom is 0.196 e. The molecule has 0 spiro atoms. The van der Waals surface area contributed by atoms with Crippen LogP contribution >= 0.6 is 8.46 Å². The molecule has 42 heavy (non-hydrogen) atoms. The van der Waals surface area contributed by atoms with Gasteiger partial charge in [0.25, 0.3) is 0 Å². The Morgan fingerprint density at radius 3 is 2.02 bits per heavy atom. The second kappa shape index (κ2) is 17.1. The third-order valence-electron chi connectivity index (χ3n) is 7.64. The summed E-state index contributed by atoms with van der Waals surface area (Å²) in [6, 6.07) is 14.6. The summed E-state index contributed by atoms with van der Waals surface area (Å²) >= 11 is 0. The fourth-order valence-corrected chi connectivity index (χ4v) is 5.91. The van der Waals surface area contributed by atoms with Gasteiger partial charge in [-0.1, -0.05) is 73.7 Å². The second-order valence-electron chi connectivity index (χ2n) is 11.6. The maximum absolute atomic E-state index is 11.8. The van der Waals surface area contributed by atoms with Gasteiger partial charge in [0.05, 0.1) is 11.9 Å². The molecule has 0 heterocycles. The summed E-state index contributed by atoms with van der Waals surface area (Å²) in [5.41, 5.74) is 10.3. The van der Waals surface area contributed by atoms with E-state index < -0.39 is 0 Å². The predicted octanol–water partition coefficient (Wildman–Crippen LogP) is 11.1. The van der Waals surface area contributed by atoms with Crippen LogP contribution in [0, 0.1) is 41.5 Å². The highest BCUT2D eigenvalue weighted by molar-refractivity contribution is 7.34. The van der Waals surface area contributed by atoms with Crippen molar-refractivity contribution in [2.24, 2.45) is 0 Å². The molecule has 0 radical (unpaired) electrons. The van der Waals surface area contributed by atoms with E-state index >= 15 is 0 Å². The molecular weight excluding hydrogens is 535 g/mol. The lowest BCUT2D eigenvalue weighted by Crippen LogP contribution is -2.06. The number of rotatable bonds is 16. The Labute approximate surface area is 256 Å². The summed E-state index contributed by atoms with van der Waals surface area (Å²) in [7, 11) is -0.0444. The number of benzene rings is 3. The molecule has 0 saturated carbocycles. The molecule has 0 fully saturated rings. The zero-order chi connectivity index (χ0) is 30.5. The van der Waals surface area contributed by atoms with Crippen molar-refractivity contribution in [3.8, 4) is 11.5 Å². The Bertz CT molecular complexity index is 1350. The molecule has 3 nitrogen and oxygen atoms in total. The lowest BCUT2D eigenvalue weighted by atomic mass is 9.98. The molecule has 0 aliphatic carbocycles. The zero-order valence-corrected chi connectivity index (χ0v) is 27.7. The SMILES string of the molecule is CCCCCCOc1cc(OC(=Cc2c(C)cc(C)cc2C)CCCCC=Cc2c(C)cc(C)cc2C)ccc1P=O. The van der Waals surface area contributed by atoms with Crippen LogP contribution in [0.2, 0.25) is 0 Å². The van der Waals surface area contributed by atoms with Crippen molar-refractivity contribution in [1.82, 2.24) is 0 Å². The van der Waals surface area contributed by atoms with E-state index in [0.717, 1.165) is 44.3 Å². The summed E-state index contributed by atoms with van der Waals surface area (Å²) in [4.78, 5) is 0. The van der Waals surface area contributed by atoms with E-state index in [1.807, 2.05) is 18.2 Å². The number of unbranched alkanes of at least 4 members (excludes halogenated alkanes) is 5. The van der Waals surface area contributed by atoms with E-state index in [1.54, 1.807) is 0 Å². The number of hydrogen-bond donors (Lipinski definition) is 0. The number of ether oxygens (including phenoxy) is 2. The molecule has 3 aromatic rings. The smallest absolute Gasteiger partial charge is 0.196 e. The summed E-state index contributed by atoms with van der Waals surface area (Å²) < 4.78 is 24.3. The second-order valence-corrected chi connectivity index (χ2v) is 12.3. The van der Waals surface area contributed by atoms with E-state index in [2.05, 4.69) is 91.0 Å². The Kier molecular flexibility index (Phi) is 13.6. The van der Waals surface area contributed by atoms with E-state index in [1.165, 1.54) is 57.3 Å². The molecular formula is C38H49O3P. The molecule has 0 unspecified atom stereocenters. The maximum atomic E-state index is 11.8. The number of aryl methyl sites for hydroxylation is 6. The topological polar surface area (TPSA) is 35.5 Å². The van der Waals surface area contributed by atoms with Crippen molar-refractivity contribution < 1.29 is 14.0 Å². The van der Waals surface area contributed by atoms with Gasteiger partial charge < -0.3 is 9.47 Å². The minimum absolute atomic E-state index is 0.0444. The summed E-state index contributed by atoms with van der Waals surface area (Å²) in [5, 5.41) is 0.652. The molecule has 0 amide bonds. The van der Waals surface area contributed by atoms with Gasteiger partial charge in [0.1, 0.15) is 17.3 Å². The molecule has 3 rings (SSSR count). The van der Waals surface area contributed by atoms with Crippen LogP contribution in [-0.2, 0) is 4.57 Å². The van der Waals surface area contributed by atoms with Crippen LogP contribution in [-0.4, -0.2) is 6.61 Å². The Balaban J connectivity index is 1.74. The fraction of sp³-hybridized carbons (Fsp3) is 0.421. The molecule has 0 saturated heterocycles. The van der Waals surface area contributed by atoms with Gasteiger partial charge in [-0.3, -0.25) is 4.57 Å². The van der Waals surface area contributed by atoms with Gasteiger partial charge in [-0.2, -0.15) is 0 Å². The molecule has 0 N–H and O–H groups in total. The quantitative estimate of drug-likeness (QED) is 0.0954. The highest BCUT2D eigenvalue weighted by Gasteiger charge is 2.11. The van der Waals surface area contributed by atoms with Crippen LogP contribution < -0.4 is 14.8 Å². The van der Waals surface area contributed by atoms with Crippen molar-refractivity contribution in [2.75, 3.05) is 6.61 Å². The third kappa shape index (κ3) is 10.3. The Hall–Kier alpha value is -3.16. The van der Waals surface area contributed by atoms with E-state index in [-0.39, 0.29) is 8.46 Å². The molecule has 0 aliphatic heterocycles. The van der Waals surface area contributed by atoms with Crippen molar-refractivity contribution in [3.63, 3.8) is 0 Å². The Morgan fingerprint density at radius 2 is 1.40 bits per heavy atom. The molecule has 224 valence electrons. The molecule has 0 atom stereocenters. The van der Waals surface area contributed by atoms with Crippen LogP contribution in [0.1, 0.15) is 103 Å². The summed E-state index contributed by atoms with van der Waals surface area (Å²) in [6.07, 6.45) is 15.2. The van der Waals surface area contributed by atoms with Gasteiger partial charge in [0.15, 0.2) is 8.46 Å². The average Bonchev–Trinajstić information content (AvgIpc) is 2.93. The number of allylic oxidation sites excluding steroid dienone is 2. The fourth-order valence-electron chi connectivity index (χ4n) is 5.56. The Morgan fingerprint density at radius 1 is 0.762 bits per heavy atom. The van der Waals surface area contributed by atoms with Crippen molar-refractivity contribution >= 4 is 25.9 Å². The molecule has 0 aromatic heterocycles. The van der Waals surface area contributed by atoms with Crippen molar-refractivity contribution in [1.29, 1.82) is 0 Å². The third-order valence-corrected chi connectivity index (χ3v) is 8.21. The van der Waals surface area contributed by atoms with Crippen molar-refractivity contribution in [2.45, 2.75) is 99.8 Å². The van der Waals surface area contributed by atoms with Gasteiger partial charge in [0, 0.05) is 12.5 Å². The first-order valence-electron chi connectivity index (χ1n) is 15.5. The van der Waals surface area contributed by atoms with E-state index in [9.17, 15) is 4.57 Å². The highest BCUT2D eigenvalue weighted by Crippen LogP contribution is 2.27. The van der Waals surface area contributed by atoms with Crippen LogP contribution in [0.3, 0.4) is 0 Å². The van der Waals surface area contributed by atoms with Crippen LogP contribution in [0.25, 0.3) is 12.2 Å². The minimum Gasteiger partial charge on any atom is -0.492 e. The van der Waals surface area contributed by atoms with E-state index in [0.29, 0.717) is 23.4 Å². The van der Waals surface area contributed by atoms with Gasteiger partial charge >= 0.3 is 0 Å². The summed E-state index contributed by atoms with van der Waals surface area (Å²) in [5.74, 6) is 2.28. The lowest BCUT2D eigenvalue weighted by molar-refractivity contribution is 0.305. The van der Waals surface area contributed by atoms with Gasteiger partial charge in [-0.05, 0) is 119 Å². The van der Waals surface area contributed by atoms with Crippen LogP contribution in [0.5, 0.6) is 11.5 Å². The first-order valence-corrected chi connectivity index (χ1v) is 16.3. The molecule has 0 aliphatic rings. The first kappa shape index (κ1) is 33.3. The van der Waals surface area contributed by atoms with Crippen molar-refractivity contribution in [3.05, 3.63) is 98.8 Å². The first-order chi connectivity index (χ1) is 20.2. The number of hydrogen-bond acceptors (Lipinski definition) is 3. The highest BCUT2D eigenvalue weighted by atomic mass is 31.1.